The third-order valence-corrected chi connectivity index (χ3v) is 6.00. The average Bonchev–Trinajstić information content (AvgIpc) is 2.90. The standard InChI is InChI=1S/C27H26FN7O2/c1-2-17(14-29)27(36)35-12-6-7-18(15-35)34-26-23(25(31)32-16-33-26)24(30)21-11-10-20(13-22(21)28)37-19-8-4-3-5-9-19/h2-5,8-11,13,16,18,30H,6-7,12,15H2,1H3,(H3,31,32,33,34)/b17-2+,30-24?. The lowest BCUT2D eigenvalue weighted by molar-refractivity contribution is -0.127. The Balaban J connectivity index is 1.55. The first-order valence-electron chi connectivity index (χ1n) is 11.8. The number of nitrogens with zero attached hydrogens (tertiary/aromatic N) is 4. The Hall–Kier alpha value is -4.78. The van der Waals surface area contributed by atoms with E-state index in [-0.39, 0.29) is 46.0 Å². The molecule has 1 unspecified atom stereocenters. The molecule has 0 bridgehead atoms. The molecule has 37 heavy (non-hydrogen) atoms. The lowest BCUT2D eigenvalue weighted by Crippen LogP contribution is -2.45. The Morgan fingerprint density at radius 2 is 2.05 bits per heavy atom. The molecule has 0 spiro atoms. The Kier molecular flexibility index (Phi) is 7.74. The van der Waals surface area contributed by atoms with Gasteiger partial charge in [0.05, 0.1) is 11.3 Å². The van der Waals surface area contributed by atoms with Gasteiger partial charge in [0.1, 0.15) is 46.9 Å². The summed E-state index contributed by atoms with van der Waals surface area (Å²) in [6.07, 6.45) is 4.21. The number of anilines is 2. The minimum Gasteiger partial charge on any atom is -0.457 e. The fourth-order valence-electron chi connectivity index (χ4n) is 4.16. The van der Waals surface area contributed by atoms with Crippen molar-refractivity contribution in [2.45, 2.75) is 25.8 Å². The first-order valence-corrected chi connectivity index (χ1v) is 11.8. The van der Waals surface area contributed by atoms with E-state index in [1.54, 1.807) is 30.0 Å². The van der Waals surface area contributed by atoms with Gasteiger partial charge in [-0.25, -0.2) is 14.4 Å². The van der Waals surface area contributed by atoms with Crippen molar-refractivity contribution in [1.29, 1.82) is 10.7 Å². The van der Waals surface area contributed by atoms with Crippen LogP contribution in [0.2, 0.25) is 0 Å². The molecule has 1 aromatic heterocycles. The summed E-state index contributed by atoms with van der Waals surface area (Å²) in [7, 11) is 0. The van der Waals surface area contributed by atoms with Crippen molar-refractivity contribution in [2.24, 2.45) is 0 Å². The minimum absolute atomic E-state index is 0.0113. The maximum Gasteiger partial charge on any atom is 0.264 e. The zero-order chi connectivity index (χ0) is 26.4. The number of allylic oxidation sites excluding steroid dienone is 1. The predicted molar refractivity (Wildman–Crippen MR) is 138 cm³/mol. The van der Waals surface area contributed by atoms with Crippen LogP contribution in [-0.2, 0) is 4.79 Å². The molecule has 0 aliphatic carbocycles. The van der Waals surface area contributed by atoms with Gasteiger partial charge >= 0.3 is 0 Å². The molecule has 1 amide bonds. The molecular weight excluding hydrogens is 473 g/mol. The SMILES string of the molecule is C/C=C(\C#N)C(=O)N1CCCC(Nc2ncnc(N)c2C(=N)c2ccc(Oc3ccccc3)cc2F)C1. The summed E-state index contributed by atoms with van der Waals surface area (Å²) < 4.78 is 20.8. The van der Waals surface area contributed by atoms with Gasteiger partial charge in [-0.1, -0.05) is 24.3 Å². The number of hydrogen-bond donors (Lipinski definition) is 3. The highest BCUT2D eigenvalue weighted by Crippen LogP contribution is 2.28. The Labute approximate surface area is 213 Å². The third kappa shape index (κ3) is 5.73. The fraction of sp³-hybridized carbons (Fsp3) is 0.222. The molecule has 4 N–H and O–H groups in total. The van der Waals surface area contributed by atoms with Gasteiger partial charge in [0, 0.05) is 30.8 Å². The van der Waals surface area contributed by atoms with Gasteiger partial charge in [0.25, 0.3) is 5.91 Å². The first kappa shape index (κ1) is 25.3. The lowest BCUT2D eigenvalue weighted by atomic mass is 10.0. The highest BCUT2D eigenvalue weighted by molar-refractivity contribution is 6.16. The zero-order valence-corrected chi connectivity index (χ0v) is 20.2. The van der Waals surface area contributed by atoms with Gasteiger partial charge in [-0.05, 0) is 44.0 Å². The molecule has 9 nitrogen and oxygen atoms in total. The first-order chi connectivity index (χ1) is 17.9. The van der Waals surface area contributed by atoms with Gasteiger partial charge in [-0.3, -0.25) is 10.2 Å². The van der Waals surface area contributed by atoms with Crippen molar-refractivity contribution < 1.29 is 13.9 Å². The number of nitrogens with two attached hydrogens (primary N) is 1. The van der Waals surface area contributed by atoms with Crippen molar-refractivity contribution in [3.8, 4) is 17.6 Å². The van der Waals surface area contributed by atoms with E-state index in [2.05, 4.69) is 15.3 Å². The second-order valence-corrected chi connectivity index (χ2v) is 8.46. The van der Waals surface area contributed by atoms with E-state index >= 15 is 4.39 Å². The van der Waals surface area contributed by atoms with Gasteiger partial charge in [0.2, 0.25) is 0 Å². The molecule has 188 valence electrons. The second kappa shape index (κ2) is 11.3. The number of nitrogen functional groups attached to an aromatic ring is 1. The van der Waals surface area contributed by atoms with Crippen molar-refractivity contribution in [3.63, 3.8) is 0 Å². The maximum absolute atomic E-state index is 15.1. The molecule has 1 aliphatic heterocycles. The molecule has 1 aliphatic rings. The van der Waals surface area contributed by atoms with Crippen LogP contribution in [0.4, 0.5) is 16.0 Å². The van der Waals surface area contributed by atoms with E-state index in [0.717, 1.165) is 12.8 Å². The van der Waals surface area contributed by atoms with E-state index in [1.807, 2.05) is 24.3 Å². The summed E-state index contributed by atoms with van der Waals surface area (Å²) >= 11 is 0. The van der Waals surface area contributed by atoms with E-state index in [4.69, 9.17) is 15.9 Å². The number of aromatic nitrogens is 2. The maximum atomic E-state index is 15.1. The molecule has 1 saturated heterocycles. The fourth-order valence-corrected chi connectivity index (χ4v) is 4.16. The summed E-state index contributed by atoms with van der Waals surface area (Å²) in [6.45, 7) is 2.53. The van der Waals surface area contributed by atoms with Crippen LogP contribution in [0.1, 0.15) is 30.9 Å². The molecule has 2 aromatic carbocycles. The van der Waals surface area contributed by atoms with Gasteiger partial charge in [-0.2, -0.15) is 5.26 Å². The van der Waals surface area contributed by atoms with Crippen LogP contribution in [0, 0.1) is 22.6 Å². The molecule has 4 rings (SSSR count). The molecule has 1 atom stereocenters. The Morgan fingerprint density at radius 3 is 2.76 bits per heavy atom. The van der Waals surface area contributed by atoms with E-state index in [1.165, 1.54) is 24.5 Å². The van der Waals surface area contributed by atoms with Crippen LogP contribution in [0.15, 0.2) is 66.5 Å². The third-order valence-electron chi connectivity index (χ3n) is 6.00. The summed E-state index contributed by atoms with van der Waals surface area (Å²) in [4.78, 5) is 22.5. The smallest absolute Gasteiger partial charge is 0.264 e. The molecule has 0 radical (unpaired) electrons. The summed E-state index contributed by atoms with van der Waals surface area (Å²) in [6, 6.07) is 14.9. The Morgan fingerprint density at radius 1 is 1.27 bits per heavy atom. The lowest BCUT2D eigenvalue weighted by Gasteiger charge is -2.33. The number of carbonyl (C=O) groups is 1. The van der Waals surface area contributed by atoms with E-state index in [0.29, 0.717) is 24.6 Å². The van der Waals surface area contributed by atoms with Crippen LogP contribution < -0.4 is 15.8 Å². The quantitative estimate of drug-likeness (QED) is 0.250. The number of halogens is 1. The number of hydrogen-bond acceptors (Lipinski definition) is 8. The number of para-hydroxylation sites is 1. The normalized spacial score (nSPS) is 15.5. The molecule has 10 heteroatoms. The van der Waals surface area contributed by atoms with Crippen LogP contribution >= 0.6 is 0 Å². The minimum atomic E-state index is -0.655. The molecular formula is C27H26FN7O2. The van der Waals surface area contributed by atoms with Crippen molar-refractivity contribution in [3.05, 3.63) is 83.5 Å². The number of nitrogens with one attached hydrogen (secondary N) is 2. The van der Waals surface area contributed by atoms with Gasteiger partial charge in [-0.15, -0.1) is 0 Å². The summed E-state index contributed by atoms with van der Waals surface area (Å²) in [5.74, 6) is 0.168. The monoisotopic (exact) mass is 499 g/mol. The van der Waals surface area contributed by atoms with Crippen LogP contribution in [-0.4, -0.2) is 45.6 Å². The number of likely N-dealkylation sites (tertiary alicyclic amines) is 1. The summed E-state index contributed by atoms with van der Waals surface area (Å²) in [5, 5.41) is 21.2. The number of piperidine rings is 1. The average molecular weight is 500 g/mol. The van der Waals surface area contributed by atoms with E-state index in [9.17, 15) is 10.1 Å². The van der Waals surface area contributed by atoms with Crippen LogP contribution in [0.3, 0.4) is 0 Å². The molecule has 1 fully saturated rings. The highest BCUT2D eigenvalue weighted by atomic mass is 19.1. The molecule has 3 aromatic rings. The van der Waals surface area contributed by atoms with Gasteiger partial charge in [0.15, 0.2) is 0 Å². The molecule has 2 heterocycles. The number of benzene rings is 2. The van der Waals surface area contributed by atoms with Crippen LogP contribution in [0.25, 0.3) is 0 Å². The topological polar surface area (TPSA) is 141 Å². The number of nitriles is 1. The van der Waals surface area contributed by atoms with Gasteiger partial charge < -0.3 is 20.7 Å². The number of carbonyl (C=O) groups excluding carboxylic acids is 1. The largest absolute Gasteiger partial charge is 0.457 e. The van der Waals surface area contributed by atoms with Crippen molar-refractivity contribution in [1.82, 2.24) is 14.9 Å². The van der Waals surface area contributed by atoms with E-state index < -0.39 is 5.82 Å². The summed E-state index contributed by atoms with van der Waals surface area (Å²) in [5.41, 5.74) is 6.18. The predicted octanol–water partition coefficient (Wildman–Crippen LogP) is 4.28. The highest BCUT2D eigenvalue weighted by Gasteiger charge is 2.27. The second-order valence-electron chi connectivity index (χ2n) is 8.46. The van der Waals surface area contributed by atoms with Crippen molar-refractivity contribution in [2.75, 3.05) is 24.1 Å². The zero-order valence-electron chi connectivity index (χ0n) is 20.2. The van der Waals surface area contributed by atoms with Crippen LogP contribution in [0.5, 0.6) is 11.5 Å². The number of amides is 1. The number of ether oxygens (including phenoxy) is 1. The molecule has 0 saturated carbocycles. The van der Waals surface area contributed by atoms with Crippen molar-refractivity contribution >= 4 is 23.3 Å². The number of rotatable bonds is 7. The Bertz CT molecular complexity index is 1390.